The molecule has 114 valence electrons. The molecule has 21 heavy (non-hydrogen) atoms. The van der Waals surface area contributed by atoms with Crippen molar-refractivity contribution in [2.45, 2.75) is 31.6 Å². The lowest BCUT2D eigenvalue weighted by Crippen LogP contribution is -2.04. The topological polar surface area (TPSA) is 26.0 Å². The van der Waals surface area contributed by atoms with Gasteiger partial charge in [-0.25, -0.2) is 0 Å². The van der Waals surface area contributed by atoms with Crippen LogP contribution in [0.1, 0.15) is 36.1 Å². The van der Waals surface area contributed by atoms with Crippen molar-refractivity contribution in [3.05, 3.63) is 71.3 Å². The number of benzene rings is 2. The molecule has 0 aromatic heterocycles. The van der Waals surface area contributed by atoms with Gasteiger partial charge in [0.2, 0.25) is 0 Å². The molecular weight excluding hydrogens is 298 g/mol. The summed E-state index contributed by atoms with van der Waals surface area (Å²) >= 11 is 2.01. The molecule has 0 saturated heterocycles. The van der Waals surface area contributed by atoms with Crippen LogP contribution >= 0.6 is 24.2 Å². The van der Waals surface area contributed by atoms with E-state index in [1.165, 1.54) is 35.3 Å². The lowest BCUT2D eigenvalue weighted by atomic mass is 10.1. The van der Waals surface area contributed by atoms with Crippen LogP contribution in [0, 0.1) is 0 Å². The second-order valence-corrected chi connectivity index (χ2v) is 6.28. The van der Waals surface area contributed by atoms with Gasteiger partial charge in [-0.05, 0) is 42.2 Å². The first-order chi connectivity index (χ1) is 9.75. The summed E-state index contributed by atoms with van der Waals surface area (Å²) in [6.07, 6.45) is 2.41. The van der Waals surface area contributed by atoms with Gasteiger partial charge in [0, 0.05) is 11.8 Å². The van der Waals surface area contributed by atoms with Crippen molar-refractivity contribution in [1.29, 1.82) is 0 Å². The van der Waals surface area contributed by atoms with E-state index >= 15 is 0 Å². The predicted octanol–water partition coefficient (Wildman–Crippen LogP) is 4.99. The molecule has 3 heteroatoms. The third-order valence-corrected chi connectivity index (χ3v) is 4.46. The molecule has 2 N–H and O–H groups in total. The summed E-state index contributed by atoms with van der Waals surface area (Å²) in [4.78, 5) is 0. The van der Waals surface area contributed by atoms with E-state index in [2.05, 4.69) is 54.6 Å². The van der Waals surface area contributed by atoms with Crippen molar-refractivity contribution in [2.24, 2.45) is 5.73 Å². The maximum absolute atomic E-state index is 5.92. The average Bonchev–Trinajstić information content (AvgIpc) is 2.48. The lowest BCUT2D eigenvalue weighted by molar-refractivity contribution is 0.816. The number of rotatable bonds is 7. The Balaban J connectivity index is 0.00000220. The van der Waals surface area contributed by atoms with Crippen LogP contribution in [-0.4, -0.2) is 5.75 Å². The average molecular weight is 322 g/mol. The minimum Gasteiger partial charge on any atom is -0.324 e. The predicted molar refractivity (Wildman–Crippen MR) is 97.2 cm³/mol. The largest absolute Gasteiger partial charge is 0.324 e. The van der Waals surface area contributed by atoms with Crippen molar-refractivity contribution in [2.75, 3.05) is 5.75 Å². The zero-order chi connectivity index (χ0) is 14.2. The van der Waals surface area contributed by atoms with Crippen LogP contribution < -0.4 is 5.73 Å². The summed E-state index contributed by atoms with van der Waals surface area (Å²) in [7, 11) is 0. The molecule has 2 rings (SSSR count). The molecule has 0 fully saturated rings. The van der Waals surface area contributed by atoms with Crippen LogP contribution in [-0.2, 0) is 12.2 Å². The summed E-state index contributed by atoms with van der Waals surface area (Å²) in [5.74, 6) is 2.28. The number of halogens is 1. The zero-order valence-electron chi connectivity index (χ0n) is 12.5. The van der Waals surface area contributed by atoms with Crippen molar-refractivity contribution in [1.82, 2.24) is 0 Å². The number of hydrogen-bond donors (Lipinski definition) is 1. The van der Waals surface area contributed by atoms with Gasteiger partial charge in [-0.2, -0.15) is 11.8 Å². The van der Waals surface area contributed by atoms with Crippen molar-refractivity contribution in [3.8, 4) is 0 Å². The third-order valence-electron chi connectivity index (χ3n) is 3.34. The molecule has 1 atom stereocenters. The molecule has 0 aliphatic heterocycles. The standard InChI is InChI=1S/C18H23NS.ClH/c1-15(19)18-11-5-9-17(13-18)14-20-12-6-10-16-7-3-2-4-8-16;/h2-5,7-9,11,13,15H,6,10,12,14,19H2,1H3;1H. The second-order valence-electron chi connectivity index (χ2n) is 5.18. The fourth-order valence-corrected chi connectivity index (χ4v) is 3.09. The van der Waals surface area contributed by atoms with E-state index in [0.29, 0.717) is 0 Å². The molecule has 0 radical (unpaired) electrons. The van der Waals surface area contributed by atoms with E-state index in [9.17, 15) is 0 Å². The Morgan fingerprint density at radius 1 is 1.00 bits per heavy atom. The summed E-state index contributed by atoms with van der Waals surface area (Å²) < 4.78 is 0. The van der Waals surface area contributed by atoms with Gasteiger partial charge >= 0.3 is 0 Å². The highest BCUT2D eigenvalue weighted by molar-refractivity contribution is 7.98. The van der Waals surface area contributed by atoms with Crippen molar-refractivity contribution < 1.29 is 0 Å². The highest BCUT2D eigenvalue weighted by Crippen LogP contribution is 2.18. The molecule has 1 nitrogen and oxygen atoms in total. The van der Waals surface area contributed by atoms with Crippen molar-refractivity contribution in [3.63, 3.8) is 0 Å². The normalized spacial score (nSPS) is 11.7. The van der Waals surface area contributed by atoms with E-state index < -0.39 is 0 Å². The Hall–Kier alpha value is -0.960. The first kappa shape index (κ1) is 18.1. The SMILES string of the molecule is CC(N)c1cccc(CSCCCc2ccccc2)c1.Cl. The molecule has 0 bridgehead atoms. The van der Waals surface area contributed by atoms with Crippen LogP contribution in [0.4, 0.5) is 0 Å². The minimum absolute atomic E-state index is 0. The molecule has 0 heterocycles. The van der Waals surface area contributed by atoms with E-state index in [1.54, 1.807) is 0 Å². The van der Waals surface area contributed by atoms with Crippen LogP contribution in [0.15, 0.2) is 54.6 Å². The second kappa shape index (κ2) is 9.88. The van der Waals surface area contributed by atoms with Crippen LogP contribution in [0.3, 0.4) is 0 Å². The van der Waals surface area contributed by atoms with Gasteiger partial charge in [0.1, 0.15) is 0 Å². The van der Waals surface area contributed by atoms with Gasteiger partial charge < -0.3 is 5.73 Å². The maximum atomic E-state index is 5.92. The Labute approximate surface area is 138 Å². The Morgan fingerprint density at radius 2 is 1.71 bits per heavy atom. The smallest absolute Gasteiger partial charge is 0.0266 e. The highest BCUT2D eigenvalue weighted by atomic mass is 35.5. The number of hydrogen-bond acceptors (Lipinski definition) is 2. The summed E-state index contributed by atoms with van der Waals surface area (Å²) in [6.45, 7) is 2.03. The molecule has 0 aliphatic rings. The summed E-state index contributed by atoms with van der Waals surface area (Å²) in [6, 6.07) is 19.5. The molecular formula is C18H24ClNS. The molecule has 0 saturated carbocycles. The first-order valence-corrected chi connectivity index (χ1v) is 8.37. The fourth-order valence-electron chi connectivity index (χ4n) is 2.18. The minimum atomic E-state index is 0. The Kier molecular flexibility index (Phi) is 8.51. The van der Waals surface area contributed by atoms with Crippen LogP contribution in [0.25, 0.3) is 0 Å². The first-order valence-electron chi connectivity index (χ1n) is 7.22. The third kappa shape index (κ3) is 6.56. The van der Waals surface area contributed by atoms with Gasteiger partial charge in [-0.15, -0.1) is 12.4 Å². The lowest BCUT2D eigenvalue weighted by Gasteiger charge is -2.08. The Morgan fingerprint density at radius 3 is 2.43 bits per heavy atom. The molecule has 1 unspecified atom stereocenters. The van der Waals surface area contributed by atoms with Gasteiger partial charge in [-0.3, -0.25) is 0 Å². The fraction of sp³-hybridized carbons (Fsp3) is 0.333. The number of aryl methyl sites for hydroxylation is 1. The zero-order valence-corrected chi connectivity index (χ0v) is 14.1. The van der Waals surface area contributed by atoms with Gasteiger partial charge in [0.05, 0.1) is 0 Å². The highest BCUT2D eigenvalue weighted by Gasteiger charge is 2.01. The number of nitrogens with two attached hydrogens (primary N) is 1. The van der Waals surface area contributed by atoms with Gasteiger partial charge in [0.15, 0.2) is 0 Å². The quantitative estimate of drug-likeness (QED) is 0.727. The number of thioether (sulfide) groups is 1. The molecule has 2 aromatic rings. The van der Waals surface area contributed by atoms with E-state index in [-0.39, 0.29) is 18.4 Å². The van der Waals surface area contributed by atoms with Gasteiger partial charge in [-0.1, -0.05) is 54.6 Å². The molecule has 0 spiro atoms. The van der Waals surface area contributed by atoms with Crippen LogP contribution in [0.5, 0.6) is 0 Å². The Bertz CT molecular complexity index is 514. The van der Waals surface area contributed by atoms with E-state index in [1.807, 2.05) is 18.7 Å². The summed E-state index contributed by atoms with van der Waals surface area (Å²) in [5, 5.41) is 0. The molecule has 2 aromatic carbocycles. The van der Waals surface area contributed by atoms with Gasteiger partial charge in [0.25, 0.3) is 0 Å². The molecule has 0 amide bonds. The monoisotopic (exact) mass is 321 g/mol. The van der Waals surface area contributed by atoms with E-state index in [0.717, 1.165) is 5.75 Å². The maximum Gasteiger partial charge on any atom is 0.0266 e. The van der Waals surface area contributed by atoms with E-state index in [4.69, 9.17) is 5.73 Å². The van der Waals surface area contributed by atoms with Crippen molar-refractivity contribution >= 4 is 24.2 Å². The van der Waals surface area contributed by atoms with Crippen LogP contribution in [0.2, 0.25) is 0 Å². The summed E-state index contributed by atoms with van der Waals surface area (Å²) in [5.41, 5.74) is 9.96. The molecule has 0 aliphatic carbocycles.